The molecule has 0 bridgehead atoms. The minimum atomic E-state index is 0.418. The van der Waals surface area contributed by atoms with Gasteiger partial charge in [-0.15, -0.1) is 0 Å². The summed E-state index contributed by atoms with van der Waals surface area (Å²) in [5.74, 6) is 1.60. The molecule has 2 unspecified atom stereocenters. The van der Waals surface area contributed by atoms with Gasteiger partial charge in [0.05, 0.1) is 12.1 Å². The van der Waals surface area contributed by atoms with Crippen LogP contribution in [0, 0.1) is 5.92 Å². The van der Waals surface area contributed by atoms with E-state index in [1.54, 1.807) is 7.11 Å². The van der Waals surface area contributed by atoms with Crippen LogP contribution in [0.4, 0.5) is 0 Å². The Balaban J connectivity index is 2.95. The van der Waals surface area contributed by atoms with E-state index in [4.69, 9.17) is 22.1 Å². The molecule has 0 heterocycles. The number of halogens is 1. The molecule has 1 rings (SSSR count). The Bertz CT molecular complexity index is 327. The molecule has 0 spiro atoms. The lowest BCUT2D eigenvalue weighted by Gasteiger charge is -2.19. The first-order chi connectivity index (χ1) is 7.10. The second-order valence-electron chi connectivity index (χ2n) is 3.90. The fraction of sp³-hybridized carbons (Fsp3) is 0.500. The van der Waals surface area contributed by atoms with Gasteiger partial charge in [-0.05, 0) is 36.1 Å². The lowest BCUT2D eigenvalue weighted by molar-refractivity contribution is 0.412. The van der Waals surface area contributed by atoms with Crippen LogP contribution in [0.15, 0.2) is 18.2 Å². The van der Waals surface area contributed by atoms with Gasteiger partial charge in [-0.25, -0.2) is 0 Å². The quantitative estimate of drug-likeness (QED) is 0.858. The molecule has 2 atom stereocenters. The van der Waals surface area contributed by atoms with Crippen LogP contribution in [-0.4, -0.2) is 13.7 Å². The monoisotopic (exact) mass is 227 g/mol. The number of hydrogen-bond donors (Lipinski definition) is 1. The predicted molar refractivity (Wildman–Crippen MR) is 64.6 cm³/mol. The van der Waals surface area contributed by atoms with E-state index in [0.717, 1.165) is 5.75 Å². The maximum Gasteiger partial charge on any atom is 0.137 e. The highest BCUT2D eigenvalue weighted by atomic mass is 35.5. The highest BCUT2D eigenvalue weighted by Gasteiger charge is 2.14. The van der Waals surface area contributed by atoms with E-state index in [2.05, 4.69) is 13.8 Å². The zero-order valence-electron chi connectivity index (χ0n) is 9.46. The number of benzene rings is 1. The first-order valence-corrected chi connectivity index (χ1v) is 5.51. The normalized spacial score (nSPS) is 14.7. The van der Waals surface area contributed by atoms with E-state index < -0.39 is 0 Å². The van der Waals surface area contributed by atoms with E-state index in [1.807, 2.05) is 18.2 Å². The first-order valence-electron chi connectivity index (χ1n) is 5.13. The van der Waals surface area contributed by atoms with E-state index in [-0.39, 0.29) is 0 Å². The van der Waals surface area contributed by atoms with Crippen LogP contribution in [-0.2, 0) is 0 Å². The zero-order valence-corrected chi connectivity index (χ0v) is 10.2. The number of ether oxygens (including phenoxy) is 1. The van der Waals surface area contributed by atoms with Gasteiger partial charge in [0.25, 0.3) is 0 Å². The van der Waals surface area contributed by atoms with Crippen LogP contribution in [0.2, 0.25) is 5.02 Å². The molecule has 84 valence electrons. The van der Waals surface area contributed by atoms with Crippen molar-refractivity contribution in [3.63, 3.8) is 0 Å². The molecule has 0 saturated carbocycles. The van der Waals surface area contributed by atoms with Crippen molar-refractivity contribution in [2.45, 2.75) is 19.8 Å². The second kappa shape index (κ2) is 5.38. The maximum atomic E-state index is 5.96. The Kier molecular flexibility index (Phi) is 4.43. The third kappa shape index (κ3) is 2.86. The smallest absolute Gasteiger partial charge is 0.137 e. The summed E-state index contributed by atoms with van der Waals surface area (Å²) in [6.07, 6.45) is 0. The van der Waals surface area contributed by atoms with Crippen LogP contribution >= 0.6 is 11.6 Å². The van der Waals surface area contributed by atoms with Gasteiger partial charge in [-0.2, -0.15) is 0 Å². The van der Waals surface area contributed by atoms with Crippen molar-refractivity contribution in [2.24, 2.45) is 11.7 Å². The lowest BCUT2D eigenvalue weighted by Crippen LogP contribution is -2.17. The molecule has 1 aromatic rings. The number of rotatable bonds is 4. The van der Waals surface area contributed by atoms with Gasteiger partial charge in [0.15, 0.2) is 0 Å². The van der Waals surface area contributed by atoms with Crippen molar-refractivity contribution >= 4 is 11.6 Å². The van der Waals surface area contributed by atoms with Gasteiger partial charge in [0.1, 0.15) is 5.75 Å². The second-order valence-corrected chi connectivity index (χ2v) is 4.30. The fourth-order valence-corrected chi connectivity index (χ4v) is 1.69. The Hall–Kier alpha value is -0.730. The standard InChI is InChI=1S/C12H18ClNO/c1-8(7-14)9(2)10-4-5-11(13)12(6-10)15-3/h4-6,8-9H,7,14H2,1-3H3. The summed E-state index contributed by atoms with van der Waals surface area (Å²) in [7, 11) is 1.63. The fourth-order valence-electron chi connectivity index (χ4n) is 1.49. The predicted octanol–water partition coefficient (Wildman–Crippen LogP) is 3.05. The lowest BCUT2D eigenvalue weighted by atomic mass is 9.89. The number of methoxy groups -OCH3 is 1. The molecule has 3 heteroatoms. The highest BCUT2D eigenvalue weighted by molar-refractivity contribution is 6.32. The number of nitrogens with two attached hydrogens (primary N) is 1. The Morgan fingerprint density at radius 2 is 2.07 bits per heavy atom. The van der Waals surface area contributed by atoms with E-state index in [9.17, 15) is 0 Å². The molecule has 2 N–H and O–H groups in total. The zero-order chi connectivity index (χ0) is 11.4. The summed E-state index contributed by atoms with van der Waals surface area (Å²) in [5, 5.41) is 0.647. The first kappa shape index (κ1) is 12.3. The molecule has 0 amide bonds. The van der Waals surface area contributed by atoms with Gasteiger partial charge < -0.3 is 10.5 Å². The molecular formula is C12H18ClNO. The molecule has 0 radical (unpaired) electrons. The summed E-state index contributed by atoms with van der Waals surface area (Å²) in [6, 6.07) is 5.89. The summed E-state index contributed by atoms with van der Waals surface area (Å²) in [5.41, 5.74) is 6.87. The highest BCUT2D eigenvalue weighted by Crippen LogP contribution is 2.31. The molecule has 0 aromatic heterocycles. The van der Waals surface area contributed by atoms with Crippen LogP contribution < -0.4 is 10.5 Å². The third-order valence-electron chi connectivity index (χ3n) is 2.93. The van der Waals surface area contributed by atoms with Crippen LogP contribution in [0.5, 0.6) is 5.75 Å². The van der Waals surface area contributed by atoms with Crippen molar-refractivity contribution in [2.75, 3.05) is 13.7 Å². The Morgan fingerprint density at radius 3 is 2.60 bits per heavy atom. The van der Waals surface area contributed by atoms with E-state index >= 15 is 0 Å². The average Bonchev–Trinajstić information content (AvgIpc) is 2.27. The molecule has 1 aromatic carbocycles. The van der Waals surface area contributed by atoms with Gasteiger partial charge in [-0.3, -0.25) is 0 Å². The largest absolute Gasteiger partial charge is 0.495 e. The topological polar surface area (TPSA) is 35.2 Å². The summed E-state index contributed by atoms with van der Waals surface area (Å²) in [4.78, 5) is 0. The molecular weight excluding hydrogens is 210 g/mol. The van der Waals surface area contributed by atoms with Gasteiger partial charge in [0.2, 0.25) is 0 Å². The van der Waals surface area contributed by atoms with Crippen LogP contribution in [0.25, 0.3) is 0 Å². The number of hydrogen-bond acceptors (Lipinski definition) is 2. The van der Waals surface area contributed by atoms with Crippen molar-refractivity contribution in [3.8, 4) is 5.75 Å². The molecule has 2 nitrogen and oxygen atoms in total. The maximum absolute atomic E-state index is 5.96. The van der Waals surface area contributed by atoms with Crippen LogP contribution in [0.3, 0.4) is 0 Å². The third-order valence-corrected chi connectivity index (χ3v) is 3.24. The molecule has 0 saturated heterocycles. The Morgan fingerprint density at radius 1 is 1.40 bits per heavy atom. The minimum Gasteiger partial charge on any atom is -0.495 e. The van der Waals surface area contributed by atoms with Gasteiger partial charge in [0, 0.05) is 0 Å². The molecule has 15 heavy (non-hydrogen) atoms. The van der Waals surface area contributed by atoms with Crippen molar-refractivity contribution < 1.29 is 4.74 Å². The molecule has 0 aliphatic rings. The van der Waals surface area contributed by atoms with Crippen molar-refractivity contribution in [3.05, 3.63) is 28.8 Å². The summed E-state index contributed by atoms with van der Waals surface area (Å²) >= 11 is 5.96. The minimum absolute atomic E-state index is 0.418. The van der Waals surface area contributed by atoms with Crippen LogP contribution in [0.1, 0.15) is 25.3 Å². The van der Waals surface area contributed by atoms with Gasteiger partial charge >= 0.3 is 0 Å². The van der Waals surface area contributed by atoms with Gasteiger partial charge in [-0.1, -0.05) is 31.5 Å². The van der Waals surface area contributed by atoms with E-state index in [0.29, 0.717) is 23.4 Å². The Labute approximate surface area is 96.4 Å². The SMILES string of the molecule is COc1cc(C(C)C(C)CN)ccc1Cl. The van der Waals surface area contributed by atoms with Crippen molar-refractivity contribution in [1.29, 1.82) is 0 Å². The summed E-state index contributed by atoms with van der Waals surface area (Å²) in [6.45, 7) is 5.00. The molecule has 0 fully saturated rings. The summed E-state index contributed by atoms with van der Waals surface area (Å²) < 4.78 is 5.19. The van der Waals surface area contributed by atoms with Crippen molar-refractivity contribution in [1.82, 2.24) is 0 Å². The van der Waals surface area contributed by atoms with E-state index in [1.165, 1.54) is 5.56 Å². The molecule has 0 aliphatic heterocycles. The average molecular weight is 228 g/mol. The molecule has 0 aliphatic carbocycles.